The van der Waals surface area contributed by atoms with Crippen LogP contribution in [0.1, 0.15) is 53.4 Å². The van der Waals surface area contributed by atoms with E-state index in [1.165, 1.54) is 12.8 Å². The van der Waals surface area contributed by atoms with Gasteiger partial charge in [-0.25, -0.2) is 4.39 Å². The second-order valence-corrected chi connectivity index (χ2v) is 5.66. The molecule has 0 aromatic rings. The third-order valence-electron chi connectivity index (χ3n) is 3.03. The molecule has 1 unspecified atom stereocenters. The molecule has 0 heterocycles. The van der Waals surface area contributed by atoms with Crippen LogP contribution in [0, 0.1) is 17.8 Å². The van der Waals surface area contributed by atoms with E-state index < -0.39 is 5.67 Å². The van der Waals surface area contributed by atoms with Gasteiger partial charge >= 0.3 is 0 Å². The van der Waals surface area contributed by atoms with Gasteiger partial charge in [0.05, 0.1) is 0 Å². The molecular formula is C12H23F. The molecule has 0 saturated heterocycles. The highest BCUT2D eigenvalue weighted by molar-refractivity contribution is 4.86. The molecule has 1 aliphatic carbocycles. The standard InChI is InChI=1S/C12H23F/c1-9(2)5-11-6-10(3)7-12(4,13)8-11/h9-11H,5-8H2,1-4H3/t10-,11+,12?/m0/s1. The lowest BCUT2D eigenvalue weighted by Crippen LogP contribution is -2.32. The van der Waals surface area contributed by atoms with Crippen LogP contribution in [0.3, 0.4) is 0 Å². The molecule has 0 aromatic heterocycles. The molecule has 0 radical (unpaired) electrons. The van der Waals surface area contributed by atoms with Crippen molar-refractivity contribution in [2.45, 2.75) is 59.0 Å². The molecule has 0 nitrogen and oxygen atoms in total. The second-order valence-electron chi connectivity index (χ2n) is 5.66. The Balaban J connectivity index is 2.48. The molecule has 0 aliphatic heterocycles. The van der Waals surface area contributed by atoms with E-state index >= 15 is 0 Å². The lowest BCUT2D eigenvalue weighted by Gasteiger charge is -2.36. The zero-order chi connectivity index (χ0) is 10.1. The van der Waals surface area contributed by atoms with Gasteiger partial charge in [-0.1, -0.05) is 20.8 Å². The molecule has 1 saturated carbocycles. The van der Waals surface area contributed by atoms with Crippen LogP contribution >= 0.6 is 0 Å². The Kier molecular flexibility index (Phi) is 3.37. The number of alkyl halides is 1. The highest BCUT2D eigenvalue weighted by Gasteiger charge is 2.35. The van der Waals surface area contributed by atoms with E-state index in [-0.39, 0.29) is 0 Å². The summed E-state index contributed by atoms with van der Waals surface area (Å²) < 4.78 is 13.8. The molecular weight excluding hydrogens is 163 g/mol. The van der Waals surface area contributed by atoms with Crippen LogP contribution in [0.5, 0.6) is 0 Å². The molecule has 3 atom stereocenters. The average molecular weight is 186 g/mol. The van der Waals surface area contributed by atoms with Crippen LogP contribution in [0.15, 0.2) is 0 Å². The Hall–Kier alpha value is -0.0700. The van der Waals surface area contributed by atoms with E-state index in [1.54, 1.807) is 6.92 Å². The Morgan fingerprint density at radius 3 is 2.46 bits per heavy atom. The SMILES string of the molecule is CC(C)C[C@@H]1C[C@H](C)CC(C)(F)C1. The summed E-state index contributed by atoms with van der Waals surface area (Å²) in [7, 11) is 0. The molecule has 0 spiro atoms. The Morgan fingerprint density at radius 1 is 1.38 bits per heavy atom. The quantitative estimate of drug-likeness (QED) is 0.606. The van der Waals surface area contributed by atoms with Gasteiger partial charge in [-0.15, -0.1) is 0 Å². The summed E-state index contributed by atoms with van der Waals surface area (Å²) >= 11 is 0. The van der Waals surface area contributed by atoms with Crippen molar-refractivity contribution in [2.24, 2.45) is 17.8 Å². The first-order valence-corrected chi connectivity index (χ1v) is 5.58. The zero-order valence-corrected chi connectivity index (χ0v) is 9.44. The number of rotatable bonds is 2. The number of hydrogen-bond acceptors (Lipinski definition) is 0. The van der Waals surface area contributed by atoms with Crippen molar-refractivity contribution in [1.82, 2.24) is 0 Å². The summed E-state index contributed by atoms with van der Waals surface area (Å²) in [6, 6.07) is 0. The van der Waals surface area contributed by atoms with Gasteiger partial charge in [0.1, 0.15) is 5.67 Å². The molecule has 0 bridgehead atoms. The lowest BCUT2D eigenvalue weighted by molar-refractivity contribution is 0.0570. The van der Waals surface area contributed by atoms with Gasteiger partial charge in [-0.3, -0.25) is 0 Å². The van der Waals surface area contributed by atoms with Gasteiger partial charge < -0.3 is 0 Å². The van der Waals surface area contributed by atoms with E-state index in [2.05, 4.69) is 20.8 Å². The zero-order valence-electron chi connectivity index (χ0n) is 9.44. The number of halogens is 1. The average Bonchev–Trinajstić information content (AvgIpc) is 1.78. The first kappa shape index (κ1) is 11.0. The Bertz CT molecular complexity index is 159. The maximum Gasteiger partial charge on any atom is 0.108 e. The van der Waals surface area contributed by atoms with E-state index in [1.807, 2.05) is 0 Å². The maximum atomic E-state index is 13.8. The van der Waals surface area contributed by atoms with Crippen molar-refractivity contribution in [3.05, 3.63) is 0 Å². The van der Waals surface area contributed by atoms with Crippen molar-refractivity contribution in [3.63, 3.8) is 0 Å². The fourth-order valence-electron chi connectivity index (χ4n) is 2.99. The topological polar surface area (TPSA) is 0 Å². The summed E-state index contributed by atoms with van der Waals surface area (Å²) in [5, 5.41) is 0. The fourth-order valence-corrected chi connectivity index (χ4v) is 2.99. The minimum atomic E-state index is -0.892. The van der Waals surface area contributed by atoms with Gasteiger partial charge in [0.2, 0.25) is 0 Å². The molecule has 1 heteroatoms. The maximum absolute atomic E-state index is 13.8. The van der Waals surface area contributed by atoms with Gasteiger partial charge in [0, 0.05) is 0 Å². The van der Waals surface area contributed by atoms with Crippen LogP contribution < -0.4 is 0 Å². The molecule has 0 amide bonds. The largest absolute Gasteiger partial charge is 0.244 e. The minimum Gasteiger partial charge on any atom is -0.244 e. The van der Waals surface area contributed by atoms with E-state index in [0.717, 1.165) is 12.8 Å². The van der Waals surface area contributed by atoms with Gasteiger partial charge in [0.25, 0.3) is 0 Å². The van der Waals surface area contributed by atoms with Crippen molar-refractivity contribution in [2.75, 3.05) is 0 Å². The van der Waals surface area contributed by atoms with Gasteiger partial charge in [-0.05, 0) is 50.4 Å². The highest BCUT2D eigenvalue weighted by atomic mass is 19.1. The van der Waals surface area contributed by atoms with Crippen molar-refractivity contribution in [3.8, 4) is 0 Å². The van der Waals surface area contributed by atoms with Gasteiger partial charge in [-0.2, -0.15) is 0 Å². The van der Waals surface area contributed by atoms with Crippen LogP contribution in [0.2, 0.25) is 0 Å². The Morgan fingerprint density at radius 2 is 2.00 bits per heavy atom. The Labute approximate surface area is 81.9 Å². The third kappa shape index (κ3) is 3.66. The summed E-state index contributed by atoms with van der Waals surface area (Å²) in [6.45, 7) is 8.42. The van der Waals surface area contributed by atoms with E-state index in [0.29, 0.717) is 17.8 Å². The predicted molar refractivity (Wildman–Crippen MR) is 55.5 cm³/mol. The minimum absolute atomic E-state index is 0.576. The van der Waals surface area contributed by atoms with Crippen LogP contribution in [0.4, 0.5) is 4.39 Å². The molecule has 1 rings (SSSR count). The normalized spacial score (nSPS) is 41.1. The highest BCUT2D eigenvalue weighted by Crippen LogP contribution is 2.40. The van der Waals surface area contributed by atoms with Crippen molar-refractivity contribution >= 4 is 0 Å². The van der Waals surface area contributed by atoms with E-state index in [9.17, 15) is 4.39 Å². The summed E-state index contributed by atoms with van der Waals surface area (Å²) in [6.07, 6.45) is 3.98. The van der Waals surface area contributed by atoms with Crippen LogP contribution in [-0.4, -0.2) is 5.67 Å². The summed E-state index contributed by atoms with van der Waals surface area (Å²) in [5.74, 6) is 1.91. The van der Waals surface area contributed by atoms with Crippen LogP contribution in [0.25, 0.3) is 0 Å². The number of hydrogen-bond donors (Lipinski definition) is 0. The van der Waals surface area contributed by atoms with Crippen molar-refractivity contribution in [1.29, 1.82) is 0 Å². The molecule has 1 fully saturated rings. The molecule has 13 heavy (non-hydrogen) atoms. The molecule has 78 valence electrons. The molecule has 1 aliphatic rings. The van der Waals surface area contributed by atoms with E-state index in [4.69, 9.17) is 0 Å². The first-order chi connectivity index (χ1) is 5.89. The first-order valence-electron chi connectivity index (χ1n) is 5.58. The molecule has 0 N–H and O–H groups in total. The lowest BCUT2D eigenvalue weighted by atomic mass is 9.72. The summed E-state index contributed by atoms with van der Waals surface area (Å²) in [5.41, 5.74) is -0.892. The van der Waals surface area contributed by atoms with Gasteiger partial charge in [0.15, 0.2) is 0 Å². The second kappa shape index (κ2) is 3.98. The summed E-state index contributed by atoms with van der Waals surface area (Å²) in [4.78, 5) is 0. The predicted octanol–water partition coefficient (Wildman–Crippen LogP) is 4.20. The van der Waals surface area contributed by atoms with Crippen molar-refractivity contribution < 1.29 is 4.39 Å². The molecule has 0 aromatic carbocycles. The third-order valence-corrected chi connectivity index (χ3v) is 3.03. The fraction of sp³-hybridized carbons (Fsp3) is 1.00. The van der Waals surface area contributed by atoms with Crippen LogP contribution in [-0.2, 0) is 0 Å². The monoisotopic (exact) mass is 186 g/mol. The smallest absolute Gasteiger partial charge is 0.108 e.